The molecule has 2 aromatic heterocycles. The van der Waals surface area contributed by atoms with Gasteiger partial charge in [0.05, 0.1) is 7.11 Å². The fourth-order valence-corrected chi connectivity index (χ4v) is 7.11. The molecular formula is C19H18N4O5S3. The molecule has 2 N–H and O–H groups in total. The van der Waals surface area contributed by atoms with Crippen molar-refractivity contribution in [2.45, 2.75) is 28.6 Å². The highest BCUT2D eigenvalue weighted by Crippen LogP contribution is 2.51. The van der Waals surface area contributed by atoms with E-state index in [2.05, 4.69) is 15.3 Å². The molecule has 9 nitrogen and oxygen atoms in total. The number of carbonyl (C=O) groups excluding carboxylic acids is 2. The molecule has 0 aliphatic carbocycles. The van der Waals surface area contributed by atoms with Gasteiger partial charge in [-0.3, -0.25) is 14.5 Å². The van der Waals surface area contributed by atoms with Gasteiger partial charge in [0, 0.05) is 35.5 Å². The summed E-state index contributed by atoms with van der Waals surface area (Å²) < 4.78 is 5.21. The maximum atomic E-state index is 12.9. The first-order valence-corrected chi connectivity index (χ1v) is 12.0. The van der Waals surface area contributed by atoms with E-state index < -0.39 is 22.6 Å². The van der Waals surface area contributed by atoms with Crippen LogP contribution >= 0.6 is 34.9 Å². The van der Waals surface area contributed by atoms with E-state index >= 15 is 0 Å². The molecule has 2 unspecified atom stereocenters. The third-order valence-corrected chi connectivity index (χ3v) is 8.16. The number of hydrogen-bond acceptors (Lipinski definition) is 9. The molecule has 2 aromatic rings. The van der Waals surface area contributed by atoms with Crippen molar-refractivity contribution in [3.05, 3.63) is 46.1 Å². The van der Waals surface area contributed by atoms with Gasteiger partial charge in [0.1, 0.15) is 22.4 Å². The predicted octanol–water partition coefficient (Wildman–Crippen LogP) is 2.14. The van der Waals surface area contributed by atoms with Crippen molar-refractivity contribution in [1.82, 2.24) is 20.2 Å². The highest BCUT2D eigenvalue weighted by molar-refractivity contribution is 8.01. The van der Waals surface area contributed by atoms with Crippen LogP contribution in [0.5, 0.6) is 5.88 Å². The highest BCUT2D eigenvalue weighted by atomic mass is 32.2. The number of hydrogen-bond donors (Lipinski definition) is 2. The van der Waals surface area contributed by atoms with Crippen molar-refractivity contribution in [1.29, 1.82) is 0 Å². The number of carboxylic acids is 1. The van der Waals surface area contributed by atoms with Gasteiger partial charge < -0.3 is 15.2 Å². The van der Waals surface area contributed by atoms with Crippen LogP contribution in [0.4, 0.5) is 0 Å². The number of aromatic nitrogens is 2. The van der Waals surface area contributed by atoms with Crippen LogP contribution in [0.3, 0.4) is 0 Å². The fraction of sp³-hybridized carbons (Fsp3) is 0.316. The van der Waals surface area contributed by atoms with Crippen molar-refractivity contribution in [3.63, 3.8) is 0 Å². The molecule has 0 aromatic carbocycles. The first-order chi connectivity index (χ1) is 14.9. The van der Waals surface area contributed by atoms with Crippen molar-refractivity contribution in [2.24, 2.45) is 0 Å². The molecule has 2 aliphatic rings. The number of carbonyl (C=O) groups is 3. The monoisotopic (exact) mass is 478 g/mol. The minimum atomic E-state index is -1.21. The van der Waals surface area contributed by atoms with Crippen LogP contribution in [-0.2, 0) is 14.4 Å². The predicted molar refractivity (Wildman–Crippen MR) is 117 cm³/mol. The molecule has 4 heterocycles. The summed E-state index contributed by atoms with van der Waals surface area (Å²) in [5, 5.41) is 14.2. The first-order valence-electron chi connectivity index (χ1n) is 9.15. The van der Waals surface area contributed by atoms with Gasteiger partial charge in [-0.25, -0.2) is 14.8 Å². The number of nitrogens with one attached hydrogen (secondary N) is 1. The zero-order valence-electron chi connectivity index (χ0n) is 16.5. The van der Waals surface area contributed by atoms with Crippen LogP contribution in [0.1, 0.15) is 17.7 Å². The Kier molecular flexibility index (Phi) is 6.21. The normalized spacial score (nSPS) is 22.6. The van der Waals surface area contributed by atoms with Crippen LogP contribution in [0.15, 0.2) is 46.2 Å². The minimum Gasteiger partial charge on any atom is -0.479 e. The van der Waals surface area contributed by atoms with E-state index in [4.69, 9.17) is 4.74 Å². The number of fused-ring (bicyclic) bond motifs is 1. The van der Waals surface area contributed by atoms with Crippen molar-refractivity contribution >= 4 is 52.6 Å². The topological polar surface area (TPSA) is 122 Å². The van der Waals surface area contributed by atoms with E-state index in [0.29, 0.717) is 16.5 Å². The van der Waals surface area contributed by atoms with Crippen LogP contribution in [0, 0.1) is 0 Å². The second-order valence-corrected chi connectivity index (χ2v) is 9.82. The Morgan fingerprint density at radius 2 is 2.13 bits per heavy atom. The van der Waals surface area contributed by atoms with E-state index in [1.165, 1.54) is 66.2 Å². The summed E-state index contributed by atoms with van der Waals surface area (Å²) in [6.45, 7) is 1.38. The molecule has 2 aliphatic heterocycles. The Balaban J connectivity index is 1.69. The second kappa shape index (κ2) is 8.89. The second-order valence-electron chi connectivity index (χ2n) is 6.65. The summed E-state index contributed by atoms with van der Waals surface area (Å²) in [6, 6.07) is 3.73. The molecule has 4 rings (SSSR count). The lowest BCUT2D eigenvalue weighted by Gasteiger charge is -2.51. The van der Waals surface area contributed by atoms with Gasteiger partial charge in [-0.05, 0) is 11.4 Å². The van der Waals surface area contributed by atoms with Crippen LogP contribution < -0.4 is 10.1 Å². The SMILES string of the molecule is COc1nccnc1SCC1=C(C(=O)O)N2C(=O)C(c3cccs3)[C@H]2SC1NC(C)=O. The van der Waals surface area contributed by atoms with Gasteiger partial charge in [0.15, 0.2) is 5.03 Å². The number of methoxy groups -OCH3 is 1. The number of β-lactam (4-membered cyclic amide) rings is 1. The van der Waals surface area contributed by atoms with Gasteiger partial charge in [0.2, 0.25) is 17.7 Å². The zero-order valence-corrected chi connectivity index (χ0v) is 18.9. The van der Waals surface area contributed by atoms with E-state index in [1.54, 1.807) is 0 Å². The molecule has 0 saturated carbocycles. The average Bonchev–Trinajstić information content (AvgIpc) is 3.25. The minimum absolute atomic E-state index is 0.0873. The van der Waals surface area contributed by atoms with Crippen molar-refractivity contribution < 1.29 is 24.2 Å². The van der Waals surface area contributed by atoms with E-state index in [1.807, 2.05) is 17.5 Å². The number of aliphatic carboxylic acids is 1. The highest BCUT2D eigenvalue weighted by Gasteiger charge is 2.56. The molecular weight excluding hydrogens is 460 g/mol. The molecule has 1 fully saturated rings. The molecule has 0 spiro atoms. The number of amides is 2. The molecule has 31 heavy (non-hydrogen) atoms. The smallest absolute Gasteiger partial charge is 0.352 e. The van der Waals surface area contributed by atoms with Gasteiger partial charge in [-0.2, -0.15) is 0 Å². The van der Waals surface area contributed by atoms with E-state index in [0.717, 1.165) is 4.88 Å². The Labute approximate surface area is 190 Å². The Hall–Kier alpha value is -2.57. The number of thiophene rings is 1. The van der Waals surface area contributed by atoms with Crippen molar-refractivity contribution in [2.75, 3.05) is 12.9 Å². The molecule has 0 radical (unpaired) electrons. The van der Waals surface area contributed by atoms with Gasteiger partial charge in [-0.15, -0.1) is 23.1 Å². The summed E-state index contributed by atoms with van der Waals surface area (Å²) in [6.07, 6.45) is 3.01. The maximum absolute atomic E-state index is 12.9. The molecule has 12 heteroatoms. The summed E-state index contributed by atoms with van der Waals surface area (Å²) in [7, 11) is 1.47. The largest absolute Gasteiger partial charge is 0.479 e. The lowest BCUT2D eigenvalue weighted by molar-refractivity contribution is -0.148. The van der Waals surface area contributed by atoms with Crippen LogP contribution in [-0.4, -0.2) is 61.4 Å². The number of ether oxygens (including phenoxy) is 1. The third-order valence-electron chi connectivity index (χ3n) is 4.76. The number of nitrogens with zero attached hydrogens (tertiary/aromatic N) is 3. The summed E-state index contributed by atoms with van der Waals surface area (Å²) >= 11 is 4.07. The third kappa shape index (κ3) is 4.02. The molecule has 162 valence electrons. The maximum Gasteiger partial charge on any atom is 0.352 e. The number of carboxylic acid groups (broad SMARTS) is 1. The van der Waals surface area contributed by atoms with Gasteiger partial charge in [0.25, 0.3) is 0 Å². The lowest BCUT2D eigenvalue weighted by Crippen LogP contribution is -2.62. The Morgan fingerprint density at radius 1 is 1.35 bits per heavy atom. The van der Waals surface area contributed by atoms with E-state index in [9.17, 15) is 19.5 Å². The summed E-state index contributed by atoms with van der Waals surface area (Å²) in [5.41, 5.74) is 0.343. The summed E-state index contributed by atoms with van der Waals surface area (Å²) in [4.78, 5) is 47.6. The van der Waals surface area contributed by atoms with Gasteiger partial charge in [-0.1, -0.05) is 17.8 Å². The number of rotatable bonds is 7. The zero-order chi connectivity index (χ0) is 22.1. The molecule has 0 bridgehead atoms. The fourth-order valence-electron chi connectivity index (χ4n) is 3.46. The first kappa shape index (κ1) is 21.7. The Bertz CT molecular complexity index is 1060. The molecule has 1 saturated heterocycles. The van der Waals surface area contributed by atoms with E-state index in [-0.39, 0.29) is 23.3 Å². The number of thioether (sulfide) groups is 2. The van der Waals surface area contributed by atoms with Crippen LogP contribution in [0.25, 0.3) is 0 Å². The average molecular weight is 479 g/mol. The van der Waals surface area contributed by atoms with Crippen LogP contribution in [0.2, 0.25) is 0 Å². The quantitative estimate of drug-likeness (QED) is 0.455. The molecule has 3 atom stereocenters. The Morgan fingerprint density at radius 3 is 2.77 bits per heavy atom. The summed E-state index contributed by atoms with van der Waals surface area (Å²) in [5.74, 6) is -1.66. The molecule has 2 amide bonds. The lowest BCUT2D eigenvalue weighted by atomic mass is 9.94. The van der Waals surface area contributed by atoms with Crippen molar-refractivity contribution in [3.8, 4) is 5.88 Å². The standard InChI is InChI=1S/C19H18N4O5S3/c1-9(24)22-15-10(8-30-16-14(28-2)20-5-6-21-16)13(19(26)27)23-17(25)12(18(23)31-15)11-4-3-7-29-11/h3-7,12,15,18H,8H2,1-2H3,(H,22,24)(H,26,27)/t12?,15?,18-/m1/s1. The van der Waals surface area contributed by atoms with Gasteiger partial charge >= 0.3 is 5.97 Å².